The Morgan fingerprint density at radius 2 is 1.93 bits per heavy atom. The van der Waals surface area contributed by atoms with Gasteiger partial charge in [-0.05, 0) is 77.2 Å². The number of para-hydroxylation sites is 1. The molecule has 158 valence electrons. The van der Waals surface area contributed by atoms with Crippen LogP contribution in [0.3, 0.4) is 0 Å². The SMILES string of the molecule is CCOc1cc(/C=C2\SC(=O)N(CCOc3ccccc3Cl)C2=O)cc(I)c1OC. The van der Waals surface area contributed by atoms with Crippen LogP contribution in [0.15, 0.2) is 41.3 Å². The summed E-state index contributed by atoms with van der Waals surface area (Å²) in [5, 5.41) is 0.146. The Morgan fingerprint density at radius 1 is 1.17 bits per heavy atom. The maximum atomic E-state index is 12.7. The highest BCUT2D eigenvalue weighted by Gasteiger charge is 2.35. The second-order valence-electron chi connectivity index (χ2n) is 6.08. The predicted octanol–water partition coefficient (Wildman–Crippen LogP) is 5.47. The van der Waals surface area contributed by atoms with E-state index in [-0.39, 0.29) is 24.3 Å². The van der Waals surface area contributed by atoms with E-state index in [1.807, 2.05) is 13.0 Å². The zero-order valence-electron chi connectivity index (χ0n) is 16.3. The van der Waals surface area contributed by atoms with E-state index < -0.39 is 0 Å². The van der Waals surface area contributed by atoms with Crippen molar-refractivity contribution in [3.63, 3.8) is 0 Å². The standard InChI is InChI=1S/C21H19ClINO5S/c1-3-28-17-11-13(10-15(23)19(17)27-2)12-18-20(25)24(21(26)30-18)8-9-29-16-7-5-4-6-14(16)22/h4-7,10-12H,3,8-9H2,1-2H3/b18-12-. The highest BCUT2D eigenvalue weighted by molar-refractivity contribution is 14.1. The van der Waals surface area contributed by atoms with Gasteiger partial charge in [-0.2, -0.15) is 0 Å². The van der Waals surface area contributed by atoms with E-state index in [9.17, 15) is 9.59 Å². The van der Waals surface area contributed by atoms with Gasteiger partial charge >= 0.3 is 0 Å². The summed E-state index contributed by atoms with van der Waals surface area (Å²) in [5.41, 5.74) is 0.751. The van der Waals surface area contributed by atoms with Crippen LogP contribution in [-0.2, 0) is 4.79 Å². The summed E-state index contributed by atoms with van der Waals surface area (Å²) in [6.07, 6.45) is 1.68. The number of rotatable bonds is 8. The molecule has 1 heterocycles. The molecule has 1 fully saturated rings. The number of hydrogen-bond acceptors (Lipinski definition) is 6. The molecule has 9 heteroatoms. The van der Waals surface area contributed by atoms with Crippen LogP contribution in [-0.4, -0.2) is 42.9 Å². The van der Waals surface area contributed by atoms with Crippen molar-refractivity contribution in [3.05, 3.63) is 55.5 Å². The van der Waals surface area contributed by atoms with Crippen molar-refractivity contribution >= 4 is 63.2 Å². The minimum atomic E-state index is -0.350. The third-order valence-electron chi connectivity index (χ3n) is 4.12. The Labute approximate surface area is 197 Å². The van der Waals surface area contributed by atoms with Crippen LogP contribution in [0.25, 0.3) is 6.08 Å². The third-order valence-corrected chi connectivity index (χ3v) is 6.14. The fraction of sp³-hybridized carbons (Fsp3) is 0.238. The summed E-state index contributed by atoms with van der Waals surface area (Å²) < 4.78 is 17.5. The van der Waals surface area contributed by atoms with Crippen LogP contribution in [0.1, 0.15) is 12.5 Å². The maximum Gasteiger partial charge on any atom is 0.293 e. The lowest BCUT2D eigenvalue weighted by atomic mass is 10.2. The zero-order valence-corrected chi connectivity index (χ0v) is 20.0. The summed E-state index contributed by atoms with van der Waals surface area (Å²) in [6.45, 7) is 2.66. The quantitative estimate of drug-likeness (QED) is 0.316. The van der Waals surface area contributed by atoms with Gasteiger partial charge in [-0.1, -0.05) is 23.7 Å². The first-order chi connectivity index (χ1) is 14.4. The van der Waals surface area contributed by atoms with Gasteiger partial charge in [-0.25, -0.2) is 0 Å². The van der Waals surface area contributed by atoms with Crippen LogP contribution in [0.2, 0.25) is 5.02 Å². The number of halogens is 2. The number of amides is 2. The van der Waals surface area contributed by atoms with Gasteiger partial charge in [0, 0.05) is 0 Å². The van der Waals surface area contributed by atoms with E-state index in [1.165, 1.54) is 4.90 Å². The summed E-state index contributed by atoms with van der Waals surface area (Å²) >= 11 is 9.10. The Kier molecular flexibility index (Phi) is 7.90. The first-order valence-electron chi connectivity index (χ1n) is 9.07. The van der Waals surface area contributed by atoms with Crippen LogP contribution >= 0.6 is 46.0 Å². The molecule has 2 amide bonds. The molecule has 0 radical (unpaired) electrons. The van der Waals surface area contributed by atoms with Crippen molar-refractivity contribution in [2.45, 2.75) is 6.92 Å². The summed E-state index contributed by atoms with van der Waals surface area (Å²) in [4.78, 5) is 26.6. The topological polar surface area (TPSA) is 65.1 Å². The van der Waals surface area contributed by atoms with Gasteiger partial charge in [-0.3, -0.25) is 14.5 Å². The Bertz CT molecular complexity index is 997. The van der Waals surface area contributed by atoms with Crippen molar-refractivity contribution in [3.8, 4) is 17.2 Å². The second-order valence-corrected chi connectivity index (χ2v) is 8.64. The Morgan fingerprint density at radius 3 is 2.63 bits per heavy atom. The van der Waals surface area contributed by atoms with Crippen molar-refractivity contribution in [2.24, 2.45) is 0 Å². The summed E-state index contributed by atoms with van der Waals surface area (Å²) in [6, 6.07) is 10.7. The van der Waals surface area contributed by atoms with Crippen molar-refractivity contribution in [1.29, 1.82) is 0 Å². The molecule has 1 aliphatic heterocycles. The molecule has 0 spiro atoms. The van der Waals surface area contributed by atoms with Crippen LogP contribution < -0.4 is 14.2 Å². The van der Waals surface area contributed by atoms with Gasteiger partial charge in [0.15, 0.2) is 11.5 Å². The normalized spacial score (nSPS) is 15.1. The van der Waals surface area contributed by atoms with E-state index in [2.05, 4.69) is 22.6 Å². The second kappa shape index (κ2) is 10.4. The molecule has 0 unspecified atom stereocenters. The van der Waals surface area contributed by atoms with Crippen molar-refractivity contribution in [2.75, 3.05) is 26.9 Å². The highest BCUT2D eigenvalue weighted by Crippen LogP contribution is 2.37. The first kappa shape index (κ1) is 22.8. The molecule has 2 aromatic rings. The number of carbonyl (C=O) groups is 2. The summed E-state index contributed by atoms with van der Waals surface area (Å²) in [7, 11) is 1.58. The monoisotopic (exact) mass is 559 g/mol. The van der Waals surface area contributed by atoms with Crippen molar-refractivity contribution in [1.82, 2.24) is 4.90 Å². The minimum absolute atomic E-state index is 0.136. The number of ether oxygens (including phenoxy) is 3. The Hall–Kier alpha value is -1.91. The van der Waals surface area contributed by atoms with Crippen LogP contribution in [0.4, 0.5) is 4.79 Å². The number of hydrogen-bond donors (Lipinski definition) is 0. The molecule has 0 N–H and O–H groups in total. The molecular weight excluding hydrogens is 541 g/mol. The van der Waals surface area contributed by atoms with Crippen molar-refractivity contribution < 1.29 is 23.8 Å². The van der Waals surface area contributed by atoms with Gasteiger partial charge in [0.1, 0.15) is 12.4 Å². The predicted molar refractivity (Wildman–Crippen MR) is 127 cm³/mol. The van der Waals surface area contributed by atoms with Gasteiger partial charge in [0.25, 0.3) is 11.1 Å². The van der Waals surface area contributed by atoms with E-state index >= 15 is 0 Å². The van der Waals surface area contributed by atoms with E-state index in [1.54, 1.807) is 43.5 Å². The third kappa shape index (κ3) is 5.22. The average molecular weight is 560 g/mol. The number of benzene rings is 2. The van der Waals surface area contributed by atoms with E-state index in [4.69, 9.17) is 25.8 Å². The fourth-order valence-corrected chi connectivity index (χ4v) is 4.69. The van der Waals surface area contributed by atoms with Gasteiger partial charge in [0.05, 0.1) is 33.8 Å². The zero-order chi connectivity index (χ0) is 21.7. The fourth-order valence-electron chi connectivity index (χ4n) is 2.79. The first-order valence-corrected chi connectivity index (χ1v) is 11.3. The Balaban J connectivity index is 1.72. The van der Waals surface area contributed by atoms with Gasteiger partial charge in [0.2, 0.25) is 0 Å². The van der Waals surface area contributed by atoms with E-state index in [0.717, 1.165) is 20.9 Å². The molecule has 1 saturated heterocycles. The largest absolute Gasteiger partial charge is 0.492 e. The lowest BCUT2D eigenvalue weighted by molar-refractivity contribution is -0.123. The molecule has 0 aromatic heterocycles. The molecule has 0 bridgehead atoms. The number of thioether (sulfide) groups is 1. The molecular formula is C21H19ClINO5S. The molecule has 0 saturated carbocycles. The average Bonchev–Trinajstić information content (AvgIpc) is 2.97. The smallest absolute Gasteiger partial charge is 0.293 e. The number of imide groups is 1. The lowest BCUT2D eigenvalue weighted by Gasteiger charge is -2.14. The molecule has 0 aliphatic carbocycles. The molecule has 1 aliphatic rings. The minimum Gasteiger partial charge on any atom is -0.492 e. The number of carbonyl (C=O) groups excluding carboxylic acids is 2. The van der Waals surface area contributed by atoms with Crippen LogP contribution in [0, 0.1) is 3.57 Å². The highest BCUT2D eigenvalue weighted by atomic mass is 127. The summed E-state index contributed by atoms with van der Waals surface area (Å²) in [5.74, 6) is 1.39. The molecule has 3 rings (SSSR count). The lowest BCUT2D eigenvalue weighted by Crippen LogP contribution is -2.32. The van der Waals surface area contributed by atoms with Crippen LogP contribution in [0.5, 0.6) is 17.2 Å². The van der Waals surface area contributed by atoms with Gasteiger partial charge in [-0.15, -0.1) is 0 Å². The molecule has 2 aromatic carbocycles. The van der Waals surface area contributed by atoms with E-state index in [0.29, 0.717) is 33.8 Å². The molecule has 6 nitrogen and oxygen atoms in total. The maximum absolute atomic E-state index is 12.7. The number of methoxy groups -OCH3 is 1. The van der Waals surface area contributed by atoms with Gasteiger partial charge < -0.3 is 14.2 Å². The molecule has 30 heavy (non-hydrogen) atoms. The number of nitrogens with zero attached hydrogens (tertiary/aromatic N) is 1. The molecule has 0 atom stereocenters.